The van der Waals surface area contributed by atoms with Crippen molar-refractivity contribution in [3.8, 4) is 0 Å². The Morgan fingerprint density at radius 3 is 2.58 bits per heavy atom. The lowest BCUT2D eigenvalue weighted by atomic mass is 9.72. The second kappa shape index (κ2) is 6.71. The second-order valence-electron chi connectivity index (χ2n) is 6.74. The maximum absolute atomic E-state index is 12.7. The molecule has 3 rings (SSSR count). The van der Waals surface area contributed by atoms with E-state index in [2.05, 4.69) is 4.99 Å². The van der Waals surface area contributed by atoms with E-state index in [1.54, 1.807) is 0 Å². The highest BCUT2D eigenvalue weighted by atomic mass is 16.5. The zero-order valence-corrected chi connectivity index (χ0v) is 14.4. The molecule has 0 saturated heterocycles. The molecule has 2 atom stereocenters. The highest BCUT2D eigenvalue weighted by molar-refractivity contribution is 6.08. The van der Waals surface area contributed by atoms with Gasteiger partial charge in [0.15, 0.2) is 5.78 Å². The predicted octanol–water partition coefficient (Wildman–Crippen LogP) is 3.82. The summed E-state index contributed by atoms with van der Waals surface area (Å²) in [6, 6.07) is 9.77. The number of benzene rings is 1. The first-order valence-corrected chi connectivity index (χ1v) is 8.56. The Morgan fingerprint density at radius 2 is 1.92 bits per heavy atom. The molecule has 1 unspecified atom stereocenters. The van der Waals surface area contributed by atoms with Gasteiger partial charge in [-0.05, 0) is 39.2 Å². The Balaban J connectivity index is 2.11. The highest BCUT2D eigenvalue weighted by Crippen LogP contribution is 2.43. The Bertz CT molecular complexity index is 716. The number of rotatable bonds is 3. The van der Waals surface area contributed by atoms with Crippen molar-refractivity contribution in [2.75, 3.05) is 0 Å². The summed E-state index contributed by atoms with van der Waals surface area (Å²) in [5.41, 5.74) is 3.28. The largest absolute Gasteiger partial charge is 0.462 e. The number of allylic oxidation sites excluding steroid dienone is 2. The normalized spacial score (nSPS) is 23.8. The first-order valence-electron chi connectivity index (χ1n) is 8.56. The monoisotopic (exact) mass is 325 g/mol. The maximum atomic E-state index is 12.7. The lowest BCUT2D eigenvalue weighted by Gasteiger charge is -2.34. The summed E-state index contributed by atoms with van der Waals surface area (Å²) in [6.07, 6.45) is 1.96. The summed E-state index contributed by atoms with van der Waals surface area (Å²) < 4.78 is 5.47. The number of aliphatic imine (C=N–C) groups is 1. The Morgan fingerprint density at radius 1 is 1.21 bits per heavy atom. The number of ether oxygens (including phenoxy) is 1. The van der Waals surface area contributed by atoms with E-state index in [0.29, 0.717) is 12.0 Å². The minimum Gasteiger partial charge on any atom is -0.462 e. The summed E-state index contributed by atoms with van der Waals surface area (Å²) >= 11 is 0. The zero-order chi connectivity index (χ0) is 17.3. The van der Waals surface area contributed by atoms with Gasteiger partial charge in [-0.15, -0.1) is 0 Å². The Hall–Kier alpha value is -2.23. The predicted molar refractivity (Wildman–Crippen MR) is 92.9 cm³/mol. The number of Topliss-reactive ketones (excluding diaryl/α,β-unsaturated/α-hetero) is 1. The molecule has 0 saturated carbocycles. The molecule has 4 heteroatoms. The maximum Gasteiger partial charge on any atom is 0.315 e. The topological polar surface area (TPSA) is 55.7 Å². The van der Waals surface area contributed by atoms with E-state index in [-0.39, 0.29) is 23.8 Å². The minimum absolute atomic E-state index is 0.115. The van der Waals surface area contributed by atoms with E-state index in [1.165, 1.54) is 0 Å². The van der Waals surface area contributed by atoms with Crippen LogP contribution in [-0.2, 0) is 14.3 Å². The number of hydrogen-bond acceptors (Lipinski definition) is 4. The van der Waals surface area contributed by atoms with Crippen molar-refractivity contribution in [1.29, 1.82) is 0 Å². The molecule has 2 aliphatic rings. The molecule has 0 spiro atoms. The van der Waals surface area contributed by atoms with E-state index in [0.717, 1.165) is 29.8 Å². The molecule has 24 heavy (non-hydrogen) atoms. The molecular weight excluding hydrogens is 302 g/mol. The van der Waals surface area contributed by atoms with E-state index in [1.807, 2.05) is 51.1 Å². The van der Waals surface area contributed by atoms with E-state index < -0.39 is 5.92 Å². The van der Waals surface area contributed by atoms with Gasteiger partial charge in [0.1, 0.15) is 5.92 Å². The fraction of sp³-hybridized carbons (Fsp3) is 0.450. The fourth-order valence-electron chi connectivity index (χ4n) is 3.64. The molecule has 4 nitrogen and oxygen atoms in total. The molecule has 1 aromatic rings. The summed E-state index contributed by atoms with van der Waals surface area (Å²) in [4.78, 5) is 30.0. The lowest BCUT2D eigenvalue weighted by molar-refractivity contribution is -0.150. The number of carbonyl (C=O) groups is 2. The van der Waals surface area contributed by atoms with Crippen LogP contribution in [0.3, 0.4) is 0 Å². The zero-order valence-electron chi connectivity index (χ0n) is 14.4. The van der Waals surface area contributed by atoms with Crippen LogP contribution in [0.25, 0.3) is 0 Å². The standard InChI is InChI=1S/C20H23NO3/c1-12(2)24-20(23)17-13(3)21-15-10-7-11-16(22)19(15)18(17)14-8-5-4-6-9-14/h4-6,8-9,12,17-18H,7,10-11H2,1-3H3/t17?,18-/m1/s1. The van der Waals surface area contributed by atoms with Gasteiger partial charge in [-0.2, -0.15) is 0 Å². The van der Waals surface area contributed by atoms with Crippen LogP contribution >= 0.6 is 0 Å². The van der Waals surface area contributed by atoms with Crippen LogP contribution in [0.5, 0.6) is 0 Å². The molecule has 0 N–H and O–H groups in total. The first kappa shape index (κ1) is 16.6. The molecule has 0 amide bonds. The molecule has 1 aromatic carbocycles. The van der Waals surface area contributed by atoms with E-state index in [4.69, 9.17) is 4.74 Å². The molecule has 1 aliphatic carbocycles. The van der Waals surface area contributed by atoms with Crippen LogP contribution < -0.4 is 0 Å². The Kier molecular flexibility index (Phi) is 4.65. The third kappa shape index (κ3) is 3.05. The van der Waals surface area contributed by atoms with Crippen molar-refractivity contribution in [2.24, 2.45) is 10.9 Å². The average molecular weight is 325 g/mol. The van der Waals surface area contributed by atoms with Crippen LogP contribution in [-0.4, -0.2) is 23.6 Å². The van der Waals surface area contributed by atoms with E-state index >= 15 is 0 Å². The summed E-state index contributed by atoms with van der Waals surface area (Å²) in [6.45, 7) is 5.54. The molecule has 0 aromatic heterocycles. The van der Waals surface area contributed by atoms with E-state index in [9.17, 15) is 9.59 Å². The SMILES string of the molecule is CC1=NC2=C(C(=O)CCC2)[C@H](c2ccccc2)C1C(=O)OC(C)C. The highest BCUT2D eigenvalue weighted by Gasteiger charge is 2.43. The van der Waals surface area contributed by atoms with Gasteiger partial charge in [-0.25, -0.2) is 0 Å². The summed E-state index contributed by atoms with van der Waals surface area (Å²) in [7, 11) is 0. The van der Waals surface area contributed by atoms with Crippen LogP contribution in [0.1, 0.15) is 51.5 Å². The van der Waals surface area contributed by atoms with Crippen molar-refractivity contribution >= 4 is 17.5 Å². The molecule has 0 fully saturated rings. The van der Waals surface area contributed by atoms with Gasteiger partial charge in [-0.3, -0.25) is 14.6 Å². The average Bonchev–Trinajstić information content (AvgIpc) is 2.53. The van der Waals surface area contributed by atoms with Gasteiger partial charge in [0.25, 0.3) is 0 Å². The summed E-state index contributed by atoms with van der Waals surface area (Å²) in [5.74, 6) is -1.01. The van der Waals surface area contributed by atoms with Crippen molar-refractivity contribution in [2.45, 2.75) is 52.1 Å². The molecule has 0 bridgehead atoms. The van der Waals surface area contributed by atoms with Crippen molar-refractivity contribution in [3.05, 3.63) is 47.2 Å². The molecular formula is C20H23NO3. The fourth-order valence-corrected chi connectivity index (χ4v) is 3.64. The minimum atomic E-state index is -0.532. The third-order valence-electron chi connectivity index (χ3n) is 4.60. The molecule has 1 heterocycles. The molecule has 126 valence electrons. The van der Waals surface area contributed by atoms with Crippen molar-refractivity contribution in [1.82, 2.24) is 0 Å². The third-order valence-corrected chi connectivity index (χ3v) is 4.60. The van der Waals surface area contributed by atoms with Crippen LogP contribution in [0.15, 0.2) is 46.6 Å². The quantitative estimate of drug-likeness (QED) is 0.794. The number of carbonyl (C=O) groups excluding carboxylic acids is 2. The summed E-state index contributed by atoms with van der Waals surface area (Å²) in [5, 5.41) is 0. The van der Waals surface area contributed by atoms with Crippen LogP contribution in [0.4, 0.5) is 0 Å². The van der Waals surface area contributed by atoms with Crippen molar-refractivity contribution < 1.29 is 14.3 Å². The van der Waals surface area contributed by atoms with Gasteiger partial charge < -0.3 is 4.74 Å². The van der Waals surface area contributed by atoms with Gasteiger partial charge in [0.2, 0.25) is 0 Å². The van der Waals surface area contributed by atoms with Gasteiger partial charge >= 0.3 is 5.97 Å². The number of nitrogens with zero attached hydrogens (tertiary/aromatic N) is 1. The second-order valence-corrected chi connectivity index (χ2v) is 6.74. The lowest BCUT2D eigenvalue weighted by Crippen LogP contribution is -2.38. The van der Waals surface area contributed by atoms with Crippen LogP contribution in [0, 0.1) is 5.92 Å². The van der Waals surface area contributed by atoms with Crippen molar-refractivity contribution in [3.63, 3.8) is 0 Å². The van der Waals surface area contributed by atoms with Gasteiger partial charge in [-0.1, -0.05) is 30.3 Å². The van der Waals surface area contributed by atoms with Gasteiger partial charge in [0, 0.05) is 29.3 Å². The number of ketones is 1. The number of hydrogen-bond donors (Lipinski definition) is 0. The van der Waals surface area contributed by atoms with Crippen LogP contribution in [0.2, 0.25) is 0 Å². The first-order chi connectivity index (χ1) is 11.5. The Labute approximate surface area is 142 Å². The number of esters is 1. The molecule has 0 radical (unpaired) electrons. The molecule has 1 aliphatic heterocycles. The van der Waals surface area contributed by atoms with Gasteiger partial charge in [0.05, 0.1) is 6.10 Å². The smallest absolute Gasteiger partial charge is 0.315 e.